The van der Waals surface area contributed by atoms with E-state index in [-0.39, 0.29) is 0 Å². The van der Waals surface area contributed by atoms with Crippen molar-refractivity contribution < 1.29 is 0 Å². The van der Waals surface area contributed by atoms with Gasteiger partial charge >= 0.3 is 92.4 Å². The average molecular weight is 402 g/mol. The van der Waals surface area contributed by atoms with Crippen LogP contribution in [-0.2, 0) is 0 Å². The van der Waals surface area contributed by atoms with Crippen LogP contribution in [0.4, 0.5) is 0 Å². The molecule has 126 valence electrons. The molecule has 0 bridgehead atoms. The van der Waals surface area contributed by atoms with E-state index in [1.807, 2.05) is 6.20 Å². The summed E-state index contributed by atoms with van der Waals surface area (Å²) in [7, 11) is 0. The monoisotopic (exact) mass is 403 g/mol. The average Bonchev–Trinajstić information content (AvgIpc) is 2.47. The first-order valence-electron chi connectivity index (χ1n) is 9.30. The molecule has 0 N–H and O–H groups in total. The molecule has 0 saturated heterocycles. The number of allylic oxidation sites excluding steroid dienone is 1. The molecule has 0 radical (unpaired) electrons. The third-order valence-corrected chi connectivity index (χ3v) is 12.5. The van der Waals surface area contributed by atoms with E-state index in [1.165, 1.54) is 38.5 Å². The second-order valence-electron chi connectivity index (χ2n) is 6.10. The fourth-order valence-corrected chi connectivity index (χ4v) is 11.4. The Hall–Kier alpha value is 0.339. The first-order valence-corrected chi connectivity index (χ1v) is 15.4. The van der Waals surface area contributed by atoms with Crippen LogP contribution in [0.5, 0.6) is 0 Å². The van der Waals surface area contributed by atoms with Crippen LogP contribution < -0.4 is 0 Å². The SMILES string of the molecule is CC/C=C/[N-]C(C)C.CCC[CH2][Sn+]([CH2]CCC)[CH2]CCC. The molecule has 0 aliphatic rings. The van der Waals surface area contributed by atoms with Crippen molar-refractivity contribution in [2.45, 2.75) is 106 Å². The zero-order chi connectivity index (χ0) is 16.3. The summed E-state index contributed by atoms with van der Waals surface area (Å²) in [6.45, 7) is 13.2. The number of unbranched alkanes of at least 4 members (excludes halogenated alkanes) is 3. The second-order valence-corrected chi connectivity index (χ2v) is 14.7. The predicted molar refractivity (Wildman–Crippen MR) is 103 cm³/mol. The van der Waals surface area contributed by atoms with E-state index in [9.17, 15) is 0 Å². The van der Waals surface area contributed by atoms with Crippen LogP contribution in [-0.4, -0.2) is 25.8 Å². The molecule has 21 heavy (non-hydrogen) atoms. The summed E-state index contributed by atoms with van der Waals surface area (Å²) in [6, 6.07) is 0.442. The summed E-state index contributed by atoms with van der Waals surface area (Å²) in [4.78, 5) is 0. The van der Waals surface area contributed by atoms with Gasteiger partial charge in [-0.05, 0) is 6.42 Å². The van der Waals surface area contributed by atoms with Crippen LogP contribution in [0, 0.1) is 0 Å². The van der Waals surface area contributed by atoms with Crippen LogP contribution in [0.2, 0.25) is 13.3 Å². The second kappa shape index (κ2) is 20.3. The Labute approximate surface area is 143 Å². The quantitative estimate of drug-likeness (QED) is 0.299. The Bertz CT molecular complexity index is 183. The molecule has 0 heterocycles. The maximum absolute atomic E-state index is 4.13. The molecule has 0 spiro atoms. The summed E-state index contributed by atoms with van der Waals surface area (Å²) < 4.78 is 5.04. The van der Waals surface area contributed by atoms with Gasteiger partial charge in [-0.25, -0.2) is 0 Å². The van der Waals surface area contributed by atoms with E-state index in [0.29, 0.717) is 6.04 Å². The van der Waals surface area contributed by atoms with Crippen molar-refractivity contribution in [3.8, 4) is 0 Å². The van der Waals surface area contributed by atoms with Gasteiger partial charge in [0.15, 0.2) is 0 Å². The minimum atomic E-state index is -0.839. The van der Waals surface area contributed by atoms with Crippen molar-refractivity contribution in [1.29, 1.82) is 0 Å². The summed E-state index contributed by atoms with van der Waals surface area (Å²) in [5, 5.41) is 4.13. The Balaban J connectivity index is 0. The van der Waals surface area contributed by atoms with E-state index < -0.39 is 19.8 Å². The van der Waals surface area contributed by atoms with Crippen LogP contribution >= 0.6 is 0 Å². The van der Waals surface area contributed by atoms with Crippen molar-refractivity contribution in [3.63, 3.8) is 0 Å². The Morgan fingerprint density at radius 1 is 0.810 bits per heavy atom. The molecule has 0 aromatic carbocycles. The topological polar surface area (TPSA) is 14.1 Å². The van der Waals surface area contributed by atoms with E-state index in [4.69, 9.17) is 0 Å². The normalized spacial score (nSPS) is 10.6. The van der Waals surface area contributed by atoms with Crippen LogP contribution in [0.25, 0.3) is 5.32 Å². The first kappa shape index (κ1) is 23.6. The first-order chi connectivity index (χ1) is 10.1. The standard InChI is InChI=1S/C7H14N.3C4H9.Sn/c1-4-5-6-8-7(2)3;3*1-3-4-2;/h5-7H,4H2,1-3H3;3*1,3-4H2,2H3;/q-1;;;;+1/b6-5+;;;;. The minimum absolute atomic E-state index is 0.442. The molecule has 0 aromatic rings. The maximum atomic E-state index is 4.13. The molecule has 0 aliphatic carbocycles. The van der Waals surface area contributed by atoms with E-state index >= 15 is 0 Å². The third kappa shape index (κ3) is 22.8. The summed E-state index contributed by atoms with van der Waals surface area (Å²) in [6.07, 6.45) is 13.9. The molecule has 0 aromatic heterocycles. The van der Waals surface area contributed by atoms with Crippen molar-refractivity contribution in [3.05, 3.63) is 17.6 Å². The van der Waals surface area contributed by atoms with Gasteiger partial charge in [0.2, 0.25) is 0 Å². The zero-order valence-corrected chi connectivity index (χ0v) is 18.6. The number of hydrogen-bond acceptors (Lipinski definition) is 0. The Morgan fingerprint density at radius 3 is 1.52 bits per heavy atom. The van der Waals surface area contributed by atoms with Gasteiger partial charge in [0.25, 0.3) is 0 Å². The van der Waals surface area contributed by atoms with Gasteiger partial charge in [0.1, 0.15) is 0 Å². The van der Waals surface area contributed by atoms with Gasteiger partial charge in [0, 0.05) is 0 Å². The van der Waals surface area contributed by atoms with Crippen molar-refractivity contribution in [2.24, 2.45) is 0 Å². The van der Waals surface area contributed by atoms with Gasteiger partial charge in [-0.3, -0.25) is 0 Å². The fraction of sp³-hybridized carbons (Fsp3) is 0.895. The summed E-state index contributed by atoms with van der Waals surface area (Å²) in [5.74, 6) is 0. The van der Waals surface area contributed by atoms with Gasteiger partial charge in [-0.15, -0.1) is 12.1 Å². The number of hydrogen-bond donors (Lipinski definition) is 0. The van der Waals surface area contributed by atoms with Crippen LogP contribution in [0.15, 0.2) is 12.3 Å². The molecular formula is C19H41NSn. The van der Waals surface area contributed by atoms with Crippen LogP contribution in [0.1, 0.15) is 86.5 Å². The number of nitrogens with zero attached hydrogens (tertiary/aromatic N) is 1. The summed E-state index contributed by atoms with van der Waals surface area (Å²) >= 11 is -0.839. The zero-order valence-electron chi connectivity index (χ0n) is 15.8. The molecule has 0 unspecified atom stereocenters. The molecule has 0 rings (SSSR count). The third-order valence-electron chi connectivity index (χ3n) is 3.38. The van der Waals surface area contributed by atoms with Gasteiger partial charge in [-0.1, -0.05) is 20.8 Å². The van der Waals surface area contributed by atoms with Crippen molar-refractivity contribution >= 4 is 19.8 Å². The van der Waals surface area contributed by atoms with Crippen molar-refractivity contribution in [1.82, 2.24) is 0 Å². The van der Waals surface area contributed by atoms with Crippen LogP contribution in [0.3, 0.4) is 0 Å². The molecule has 0 saturated carbocycles. The Kier molecular flexibility index (Phi) is 22.9. The molecule has 0 atom stereocenters. The van der Waals surface area contributed by atoms with Crippen molar-refractivity contribution in [2.75, 3.05) is 0 Å². The molecule has 0 aliphatic heterocycles. The molecule has 0 amide bonds. The Morgan fingerprint density at radius 2 is 1.24 bits per heavy atom. The van der Waals surface area contributed by atoms with Gasteiger partial charge in [0.05, 0.1) is 0 Å². The molecule has 2 heteroatoms. The van der Waals surface area contributed by atoms with Gasteiger partial charge in [-0.2, -0.15) is 6.20 Å². The fourth-order valence-electron chi connectivity index (χ4n) is 1.99. The van der Waals surface area contributed by atoms with E-state index in [2.05, 4.69) is 52.9 Å². The molecule has 1 nitrogen and oxygen atoms in total. The van der Waals surface area contributed by atoms with E-state index in [1.54, 1.807) is 13.3 Å². The van der Waals surface area contributed by atoms with E-state index in [0.717, 1.165) is 6.42 Å². The predicted octanol–water partition coefficient (Wildman–Crippen LogP) is 7.57. The number of rotatable bonds is 12. The molecule has 0 fully saturated rings. The van der Waals surface area contributed by atoms with Gasteiger partial charge < -0.3 is 5.32 Å². The summed E-state index contributed by atoms with van der Waals surface area (Å²) in [5.41, 5.74) is 0. The molecular weight excluding hydrogens is 361 g/mol.